The summed E-state index contributed by atoms with van der Waals surface area (Å²) in [5.74, 6) is 0.923. The second-order valence-electron chi connectivity index (χ2n) is 3.81. The van der Waals surface area contributed by atoms with Crippen LogP contribution in [0.3, 0.4) is 0 Å². The first kappa shape index (κ1) is 11.9. The Morgan fingerprint density at radius 3 is 2.65 bits per heavy atom. The minimum atomic E-state index is 0.0846. The second kappa shape index (κ2) is 6.23. The molecule has 90 valence electrons. The van der Waals surface area contributed by atoms with Crippen molar-refractivity contribution in [2.75, 3.05) is 20.3 Å². The highest BCUT2D eigenvalue weighted by Crippen LogP contribution is 2.21. The normalized spacial score (nSPS) is 12.5. The van der Waals surface area contributed by atoms with E-state index in [2.05, 4.69) is 17.4 Å². The minimum absolute atomic E-state index is 0.0846. The van der Waals surface area contributed by atoms with Crippen molar-refractivity contribution >= 4 is 0 Å². The van der Waals surface area contributed by atoms with Crippen LogP contribution in [0.15, 0.2) is 53.1 Å². The fourth-order valence-corrected chi connectivity index (χ4v) is 1.79. The number of ether oxygens (including phenoxy) is 1. The van der Waals surface area contributed by atoms with Gasteiger partial charge in [-0.05, 0) is 17.7 Å². The van der Waals surface area contributed by atoms with E-state index < -0.39 is 0 Å². The summed E-state index contributed by atoms with van der Waals surface area (Å²) < 4.78 is 10.5. The quantitative estimate of drug-likeness (QED) is 0.776. The Balaban J connectivity index is 2.13. The molecule has 0 aliphatic rings. The van der Waals surface area contributed by atoms with Crippen LogP contribution in [0.1, 0.15) is 17.4 Å². The average molecular weight is 231 g/mol. The Kier molecular flexibility index (Phi) is 4.36. The van der Waals surface area contributed by atoms with Crippen LogP contribution in [0.5, 0.6) is 0 Å². The topological polar surface area (TPSA) is 34.4 Å². The van der Waals surface area contributed by atoms with Gasteiger partial charge in [0.05, 0.1) is 18.9 Å². The molecule has 3 nitrogen and oxygen atoms in total. The highest BCUT2D eigenvalue weighted by Gasteiger charge is 2.15. The summed E-state index contributed by atoms with van der Waals surface area (Å²) in [5.41, 5.74) is 1.19. The van der Waals surface area contributed by atoms with E-state index in [9.17, 15) is 0 Å². The van der Waals surface area contributed by atoms with Crippen molar-refractivity contribution in [1.29, 1.82) is 0 Å². The van der Waals surface area contributed by atoms with Gasteiger partial charge in [-0.25, -0.2) is 0 Å². The maximum atomic E-state index is 5.48. The molecule has 0 aliphatic heterocycles. The molecule has 1 unspecified atom stereocenters. The zero-order valence-corrected chi connectivity index (χ0v) is 9.93. The van der Waals surface area contributed by atoms with Gasteiger partial charge in [0.1, 0.15) is 5.76 Å². The monoisotopic (exact) mass is 231 g/mol. The maximum Gasteiger partial charge on any atom is 0.125 e. The van der Waals surface area contributed by atoms with Crippen molar-refractivity contribution in [2.24, 2.45) is 0 Å². The zero-order valence-electron chi connectivity index (χ0n) is 9.93. The van der Waals surface area contributed by atoms with Crippen LogP contribution < -0.4 is 5.32 Å². The number of methoxy groups -OCH3 is 1. The Morgan fingerprint density at radius 1 is 1.18 bits per heavy atom. The predicted octanol–water partition coefficient (Wildman–Crippen LogP) is 2.61. The number of furan rings is 1. The smallest absolute Gasteiger partial charge is 0.125 e. The summed E-state index contributed by atoms with van der Waals surface area (Å²) in [5, 5.41) is 3.42. The molecule has 3 heteroatoms. The van der Waals surface area contributed by atoms with E-state index in [-0.39, 0.29) is 6.04 Å². The molecule has 1 heterocycles. The standard InChI is InChI=1S/C14H17NO2/c1-16-11-9-15-14(13-8-5-10-17-13)12-6-3-2-4-7-12/h2-8,10,14-15H,9,11H2,1H3. The number of benzene rings is 1. The molecule has 0 spiro atoms. The molecular formula is C14H17NO2. The number of nitrogens with one attached hydrogen (secondary N) is 1. The van der Waals surface area contributed by atoms with Crippen LogP contribution in [0.25, 0.3) is 0 Å². The van der Waals surface area contributed by atoms with E-state index in [1.165, 1.54) is 5.56 Å². The van der Waals surface area contributed by atoms with Crippen molar-refractivity contribution in [1.82, 2.24) is 5.32 Å². The Hall–Kier alpha value is -1.58. The molecule has 2 aromatic rings. The largest absolute Gasteiger partial charge is 0.467 e. The first-order chi connectivity index (χ1) is 8.42. The molecule has 1 N–H and O–H groups in total. The number of hydrogen-bond donors (Lipinski definition) is 1. The minimum Gasteiger partial charge on any atom is -0.467 e. The zero-order chi connectivity index (χ0) is 11.9. The Bertz CT molecular complexity index is 411. The highest BCUT2D eigenvalue weighted by atomic mass is 16.5. The predicted molar refractivity (Wildman–Crippen MR) is 66.9 cm³/mol. The lowest BCUT2D eigenvalue weighted by Crippen LogP contribution is -2.25. The molecule has 0 radical (unpaired) electrons. The summed E-state index contributed by atoms with van der Waals surface area (Å²) in [6.45, 7) is 1.47. The van der Waals surface area contributed by atoms with Gasteiger partial charge in [0, 0.05) is 13.7 Å². The first-order valence-corrected chi connectivity index (χ1v) is 5.72. The molecule has 0 saturated heterocycles. The van der Waals surface area contributed by atoms with Crippen molar-refractivity contribution < 1.29 is 9.15 Å². The average Bonchev–Trinajstić information content (AvgIpc) is 2.89. The highest BCUT2D eigenvalue weighted by molar-refractivity contribution is 5.26. The van der Waals surface area contributed by atoms with E-state index in [1.54, 1.807) is 13.4 Å². The molecule has 0 saturated carbocycles. The van der Waals surface area contributed by atoms with Gasteiger partial charge in [-0.1, -0.05) is 30.3 Å². The second-order valence-corrected chi connectivity index (χ2v) is 3.81. The summed E-state index contributed by atoms with van der Waals surface area (Å²) >= 11 is 0. The summed E-state index contributed by atoms with van der Waals surface area (Å²) in [7, 11) is 1.70. The van der Waals surface area contributed by atoms with Crippen LogP contribution in [0, 0.1) is 0 Å². The third kappa shape index (κ3) is 3.19. The summed E-state index contributed by atoms with van der Waals surface area (Å²) in [4.78, 5) is 0. The van der Waals surface area contributed by atoms with Crippen LogP contribution in [-0.2, 0) is 4.74 Å². The molecule has 1 atom stereocenters. The van der Waals surface area contributed by atoms with E-state index in [4.69, 9.17) is 9.15 Å². The Labute approximate surface area is 101 Å². The van der Waals surface area contributed by atoms with Gasteiger partial charge in [0.15, 0.2) is 0 Å². The van der Waals surface area contributed by atoms with Crippen LogP contribution in [0.2, 0.25) is 0 Å². The van der Waals surface area contributed by atoms with Gasteiger partial charge < -0.3 is 14.5 Å². The lowest BCUT2D eigenvalue weighted by Gasteiger charge is -2.16. The molecule has 1 aromatic carbocycles. The molecule has 0 fully saturated rings. The van der Waals surface area contributed by atoms with E-state index >= 15 is 0 Å². The molecule has 0 bridgehead atoms. The third-order valence-corrected chi connectivity index (χ3v) is 2.62. The molecule has 17 heavy (non-hydrogen) atoms. The molecule has 0 aliphatic carbocycles. The molecule has 0 amide bonds. The van der Waals surface area contributed by atoms with Crippen molar-refractivity contribution in [2.45, 2.75) is 6.04 Å². The molecule has 1 aromatic heterocycles. The number of rotatable bonds is 6. The van der Waals surface area contributed by atoms with Crippen molar-refractivity contribution in [3.8, 4) is 0 Å². The van der Waals surface area contributed by atoms with Crippen LogP contribution >= 0.6 is 0 Å². The first-order valence-electron chi connectivity index (χ1n) is 5.72. The van der Waals surface area contributed by atoms with Crippen LogP contribution in [0.4, 0.5) is 0 Å². The SMILES string of the molecule is COCCNC(c1ccccc1)c1ccco1. The van der Waals surface area contributed by atoms with E-state index in [0.717, 1.165) is 12.3 Å². The van der Waals surface area contributed by atoms with Gasteiger partial charge >= 0.3 is 0 Å². The van der Waals surface area contributed by atoms with E-state index in [1.807, 2.05) is 30.3 Å². The van der Waals surface area contributed by atoms with Crippen molar-refractivity contribution in [3.05, 3.63) is 60.1 Å². The molecule has 2 rings (SSSR count). The Morgan fingerprint density at radius 2 is 2.00 bits per heavy atom. The molecular weight excluding hydrogens is 214 g/mol. The fourth-order valence-electron chi connectivity index (χ4n) is 1.79. The van der Waals surface area contributed by atoms with Crippen LogP contribution in [-0.4, -0.2) is 20.3 Å². The lowest BCUT2D eigenvalue weighted by atomic mass is 10.0. The van der Waals surface area contributed by atoms with Gasteiger partial charge in [0.2, 0.25) is 0 Å². The lowest BCUT2D eigenvalue weighted by molar-refractivity contribution is 0.196. The number of hydrogen-bond acceptors (Lipinski definition) is 3. The third-order valence-electron chi connectivity index (χ3n) is 2.62. The summed E-state index contributed by atoms with van der Waals surface area (Å²) in [6, 6.07) is 14.2. The van der Waals surface area contributed by atoms with Gasteiger partial charge in [-0.15, -0.1) is 0 Å². The van der Waals surface area contributed by atoms with Gasteiger partial charge in [-0.2, -0.15) is 0 Å². The fraction of sp³-hybridized carbons (Fsp3) is 0.286. The summed E-state index contributed by atoms with van der Waals surface area (Å²) in [6.07, 6.45) is 1.70. The van der Waals surface area contributed by atoms with Gasteiger partial charge in [-0.3, -0.25) is 0 Å². The van der Waals surface area contributed by atoms with E-state index in [0.29, 0.717) is 6.61 Å². The van der Waals surface area contributed by atoms with Gasteiger partial charge in [0.25, 0.3) is 0 Å². The maximum absolute atomic E-state index is 5.48. The van der Waals surface area contributed by atoms with Crippen molar-refractivity contribution in [3.63, 3.8) is 0 Å².